The molecule has 0 spiro atoms. The molecule has 0 fully saturated rings. The molecule has 0 aromatic heterocycles. The van der Waals surface area contributed by atoms with E-state index in [2.05, 4.69) is 54.6 Å². The Morgan fingerprint density at radius 1 is 0.723 bits per heavy atom. The molecule has 2 aliphatic rings. The summed E-state index contributed by atoms with van der Waals surface area (Å²) in [6, 6.07) is 35.7. The van der Waals surface area contributed by atoms with E-state index >= 15 is 0 Å². The summed E-state index contributed by atoms with van der Waals surface area (Å²) in [5.41, 5.74) is 6.86. The maximum atomic E-state index is 14.2. The number of hydrogen-bond acceptors (Lipinski definition) is 1. The van der Waals surface area contributed by atoms with E-state index in [0.29, 0.717) is 17.2 Å². The van der Waals surface area contributed by atoms with Gasteiger partial charge >= 0.3 is 8.84 Å². The number of benzene rings is 4. The largest absolute Gasteiger partial charge is 0.395 e. The first-order valence-electron chi connectivity index (χ1n) is 15.5. The second-order valence-corrected chi connectivity index (χ2v) is 14.3. The van der Waals surface area contributed by atoms with E-state index in [1.165, 1.54) is 11.1 Å². The van der Waals surface area contributed by atoms with Crippen molar-refractivity contribution in [2.24, 2.45) is 5.92 Å². The molecule has 0 heterocycles. The third-order valence-electron chi connectivity index (χ3n) is 8.38. The molecule has 0 radical (unpaired) electrons. The van der Waals surface area contributed by atoms with Crippen molar-refractivity contribution in [2.75, 3.05) is 7.05 Å². The van der Waals surface area contributed by atoms with Crippen LogP contribution in [0.4, 0.5) is 8.78 Å². The van der Waals surface area contributed by atoms with Gasteiger partial charge in [0.05, 0.1) is 5.57 Å². The van der Waals surface area contributed by atoms with E-state index in [-0.39, 0.29) is 38.7 Å². The van der Waals surface area contributed by atoms with Crippen molar-refractivity contribution >= 4 is 37.7 Å². The van der Waals surface area contributed by atoms with Gasteiger partial charge in [-0.05, 0) is 65.3 Å². The summed E-state index contributed by atoms with van der Waals surface area (Å²) in [5, 5.41) is 0. The molecule has 4 aromatic carbocycles. The van der Waals surface area contributed by atoms with Crippen LogP contribution in [-0.4, -0.2) is 26.0 Å². The van der Waals surface area contributed by atoms with Gasteiger partial charge in [0.1, 0.15) is 0 Å². The zero-order valence-corrected chi connectivity index (χ0v) is 29.8. The monoisotopic (exact) mass is 675 g/mol. The van der Waals surface area contributed by atoms with Crippen molar-refractivity contribution in [1.82, 2.24) is 4.57 Å². The molecular weight excluding hydrogens is 636 g/mol. The van der Waals surface area contributed by atoms with Gasteiger partial charge in [0.15, 0.2) is 0 Å². The van der Waals surface area contributed by atoms with Crippen molar-refractivity contribution in [3.63, 3.8) is 0 Å². The van der Waals surface area contributed by atoms with E-state index in [1.807, 2.05) is 99.1 Å². The van der Waals surface area contributed by atoms with E-state index in [9.17, 15) is 13.2 Å². The Kier molecular flexibility index (Phi) is 12.3. The normalized spacial score (nSPS) is 14.9. The fourth-order valence-electron chi connectivity index (χ4n) is 5.73. The maximum absolute atomic E-state index is 14.2. The maximum Gasteiger partial charge on any atom is 0.395 e. The number of nitrogens with zero attached hydrogens (tertiary/aromatic N) is 1. The molecule has 0 saturated heterocycles. The molecule has 2 nitrogen and oxygen atoms in total. The predicted molar refractivity (Wildman–Crippen MR) is 190 cm³/mol. The zero-order valence-electron chi connectivity index (χ0n) is 27.3. The quantitative estimate of drug-likeness (QED) is 0.150. The van der Waals surface area contributed by atoms with Crippen LogP contribution in [0.5, 0.6) is 0 Å². The minimum atomic E-state index is -2.04. The van der Waals surface area contributed by atoms with Gasteiger partial charge < -0.3 is 9.03 Å². The number of rotatable bonds is 6. The molecule has 2 aliphatic carbocycles. The van der Waals surface area contributed by atoms with Crippen molar-refractivity contribution in [3.8, 4) is 0 Å². The molecule has 0 N–H and O–H groups in total. The molecule has 4 aromatic rings. The number of hydrogen-bond donors (Lipinski definition) is 0. The molecule has 0 amide bonds. The van der Waals surface area contributed by atoms with Crippen molar-refractivity contribution in [2.45, 2.75) is 32.4 Å². The molecule has 0 saturated carbocycles. The first kappa shape index (κ1) is 35.8. The fraction of sp³-hybridized carbons (Fsp3) is 0.171. The number of fused-ring (bicyclic) bond motifs is 4. The van der Waals surface area contributed by atoms with Crippen LogP contribution >= 0.6 is 0 Å². The van der Waals surface area contributed by atoms with E-state index < -0.39 is 14.9 Å². The number of halogens is 2. The van der Waals surface area contributed by atoms with E-state index in [4.69, 9.17) is 0 Å². The smallest absolute Gasteiger partial charge is 0.375 e. The standard InChI is InChI=1S/C25H25F2NOSi.C16H14.Ti/c1-25(2,3)28(4)30(29)15-16-13-14-21-17-9-5-6-10-18(17)23(24(26)27)20-12-8-7-11-19(20)22(16)21;1-3-9-15(10-4-1)13-7-8-14-16-11-5-2-6-12-16;/h5-14,16H,15H2,1-4H3;1-14H;. The molecule has 6 heteroatoms. The second-order valence-electron chi connectivity index (χ2n) is 12.4. The zero-order chi connectivity index (χ0) is 32.7. The molecule has 236 valence electrons. The third kappa shape index (κ3) is 8.66. The minimum Gasteiger partial charge on any atom is -0.375 e. The average Bonchev–Trinajstić information content (AvgIpc) is 3.41. The molecular formula is C41H39F2NOSiTi. The Bertz CT molecular complexity index is 1800. The van der Waals surface area contributed by atoms with Crippen molar-refractivity contribution in [1.29, 1.82) is 0 Å². The summed E-state index contributed by atoms with van der Waals surface area (Å²) in [5.74, 6) is -0.0765. The van der Waals surface area contributed by atoms with Crippen LogP contribution in [-0.2, 0) is 26.2 Å². The van der Waals surface area contributed by atoms with Crippen LogP contribution in [0.2, 0.25) is 6.04 Å². The second kappa shape index (κ2) is 16.2. The summed E-state index contributed by atoms with van der Waals surface area (Å²) in [7, 11) is -0.145. The van der Waals surface area contributed by atoms with Gasteiger partial charge in [0.2, 0.25) is 0 Å². The summed E-state index contributed by atoms with van der Waals surface area (Å²) < 4.78 is 43.4. The first-order valence-corrected chi connectivity index (χ1v) is 17.1. The Morgan fingerprint density at radius 3 is 1.66 bits per heavy atom. The topological polar surface area (TPSA) is 20.3 Å². The van der Waals surface area contributed by atoms with Gasteiger partial charge in [-0.25, -0.2) is 0 Å². The summed E-state index contributed by atoms with van der Waals surface area (Å²) in [6.45, 7) is 6.13. The molecule has 0 bridgehead atoms. The predicted octanol–water partition coefficient (Wildman–Crippen LogP) is 10.8. The van der Waals surface area contributed by atoms with Crippen LogP contribution in [0.15, 0.2) is 140 Å². The molecule has 6 rings (SSSR count). The minimum absolute atomic E-state index is 0. The Hall–Kier alpha value is -4.03. The SMILES string of the molecule is C(C=Cc1ccccc1)=Cc1ccccc1.CN([Si](=O)CC1C=CC2=C1c1ccccc1C(=C(F)F)c1ccccc12)C(C)(C)C.[Ti]. The van der Waals surface area contributed by atoms with Crippen LogP contribution < -0.4 is 0 Å². The molecule has 1 unspecified atom stereocenters. The van der Waals surface area contributed by atoms with Crippen molar-refractivity contribution in [3.05, 3.63) is 173 Å². The Morgan fingerprint density at radius 2 is 1.17 bits per heavy atom. The van der Waals surface area contributed by atoms with Crippen LogP contribution in [0, 0.1) is 5.92 Å². The van der Waals surface area contributed by atoms with Crippen molar-refractivity contribution < 1.29 is 35.0 Å². The third-order valence-corrected chi connectivity index (χ3v) is 10.6. The number of allylic oxidation sites excluding steroid dienone is 6. The summed E-state index contributed by atoms with van der Waals surface area (Å²) in [6.07, 6.45) is 10.7. The van der Waals surface area contributed by atoms with Gasteiger partial charge in [-0.2, -0.15) is 8.78 Å². The molecule has 1 atom stereocenters. The molecule has 0 aliphatic heterocycles. The van der Waals surface area contributed by atoms with Gasteiger partial charge in [-0.3, -0.25) is 0 Å². The van der Waals surface area contributed by atoms with Gasteiger partial charge in [0, 0.05) is 46.3 Å². The summed E-state index contributed by atoms with van der Waals surface area (Å²) >= 11 is 0. The first-order chi connectivity index (χ1) is 22.1. The molecule has 47 heavy (non-hydrogen) atoms. The van der Waals surface area contributed by atoms with Gasteiger partial charge in [-0.15, -0.1) is 0 Å². The van der Waals surface area contributed by atoms with Crippen LogP contribution in [0.1, 0.15) is 54.2 Å². The Balaban J connectivity index is 0.000000249. The average molecular weight is 676 g/mol. The Labute approximate surface area is 294 Å². The van der Waals surface area contributed by atoms with Crippen LogP contribution in [0.3, 0.4) is 0 Å². The fourth-order valence-corrected chi connectivity index (χ4v) is 7.47. The van der Waals surface area contributed by atoms with E-state index in [0.717, 1.165) is 22.3 Å². The van der Waals surface area contributed by atoms with Gasteiger partial charge in [-0.1, -0.05) is 146 Å². The van der Waals surface area contributed by atoms with Gasteiger partial charge in [0.25, 0.3) is 6.08 Å². The summed E-state index contributed by atoms with van der Waals surface area (Å²) in [4.78, 5) is 0. The van der Waals surface area contributed by atoms with Crippen LogP contribution in [0.25, 0.3) is 28.9 Å². The van der Waals surface area contributed by atoms with E-state index in [1.54, 1.807) is 24.3 Å².